The second kappa shape index (κ2) is 4.34. The van der Waals surface area contributed by atoms with E-state index in [1.807, 2.05) is 0 Å². The molecule has 0 radical (unpaired) electrons. The second-order valence-electron chi connectivity index (χ2n) is 4.26. The molecule has 0 aromatic carbocycles. The summed E-state index contributed by atoms with van der Waals surface area (Å²) in [5.41, 5.74) is -1.04. The molecule has 2 heterocycles. The molecule has 0 unspecified atom stereocenters. The van der Waals surface area contributed by atoms with Crippen LogP contribution < -0.4 is 11.2 Å². The van der Waals surface area contributed by atoms with Gasteiger partial charge in [0.25, 0.3) is 15.6 Å². The summed E-state index contributed by atoms with van der Waals surface area (Å²) in [7, 11) is -0.816. The van der Waals surface area contributed by atoms with Gasteiger partial charge < -0.3 is 0 Å². The summed E-state index contributed by atoms with van der Waals surface area (Å²) in [4.78, 5) is 23.6. The van der Waals surface area contributed by atoms with Crippen LogP contribution in [0.3, 0.4) is 0 Å². The van der Waals surface area contributed by atoms with Crippen LogP contribution in [0.4, 0.5) is 0 Å². The maximum absolute atomic E-state index is 11.9. The molecule has 0 spiro atoms. The highest BCUT2D eigenvalue weighted by atomic mass is 32.2. The fraction of sp³-hybridized carbons (Fsp3) is 0.500. The largest absolute Gasteiger partial charge is 0.332 e. The van der Waals surface area contributed by atoms with Gasteiger partial charge in [0.1, 0.15) is 5.39 Å². The van der Waals surface area contributed by atoms with E-state index in [0.29, 0.717) is 6.42 Å². The monoisotopic (exact) mass is 286 g/mol. The smallest absolute Gasteiger partial charge is 0.279 e. The molecule has 2 rings (SSSR count). The molecular weight excluding hydrogens is 272 g/mol. The lowest BCUT2D eigenvalue weighted by molar-refractivity contribution is 0.579. The van der Waals surface area contributed by atoms with Gasteiger partial charge in [0.15, 0.2) is 5.65 Å². The zero-order valence-corrected chi connectivity index (χ0v) is 11.6. The van der Waals surface area contributed by atoms with E-state index in [9.17, 15) is 18.0 Å². The second-order valence-corrected chi connectivity index (χ2v) is 6.21. The van der Waals surface area contributed by atoms with Gasteiger partial charge in [-0.3, -0.25) is 13.9 Å². The standard InChI is InChI=1S/C10H14N4O4S/c1-4-5-19(17,18)14-6-7-8(11-14)12(2)10(16)13(3)9(7)15/h6H,4-5H2,1-3H3. The summed E-state index contributed by atoms with van der Waals surface area (Å²) >= 11 is 0. The van der Waals surface area contributed by atoms with Gasteiger partial charge in [0, 0.05) is 14.1 Å². The lowest BCUT2D eigenvalue weighted by Gasteiger charge is -2.01. The van der Waals surface area contributed by atoms with Gasteiger partial charge in [-0.2, -0.15) is 4.09 Å². The molecule has 0 amide bonds. The van der Waals surface area contributed by atoms with Gasteiger partial charge >= 0.3 is 5.69 Å². The third-order valence-electron chi connectivity index (χ3n) is 2.85. The van der Waals surface area contributed by atoms with Gasteiger partial charge in [-0.1, -0.05) is 6.92 Å². The number of aryl methyl sites for hydroxylation is 1. The Morgan fingerprint density at radius 3 is 2.42 bits per heavy atom. The summed E-state index contributed by atoms with van der Waals surface area (Å²) in [6.45, 7) is 1.73. The van der Waals surface area contributed by atoms with E-state index in [1.165, 1.54) is 14.1 Å². The van der Waals surface area contributed by atoms with E-state index in [-0.39, 0.29) is 16.8 Å². The first kappa shape index (κ1) is 13.5. The molecule has 9 heteroatoms. The Labute approximate surface area is 108 Å². The number of rotatable bonds is 3. The maximum atomic E-state index is 11.9. The Balaban J connectivity index is 2.86. The van der Waals surface area contributed by atoms with E-state index in [1.54, 1.807) is 6.92 Å². The molecule has 0 atom stereocenters. The number of aromatic nitrogens is 4. The lowest BCUT2D eigenvalue weighted by Crippen LogP contribution is -2.36. The van der Waals surface area contributed by atoms with Crippen molar-refractivity contribution in [1.29, 1.82) is 0 Å². The van der Waals surface area contributed by atoms with Crippen LogP contribution in [0.5, 0.6) is 0 Å². The minimum atomic E-state index is -3.59. The van der Waals surface area contributed by atoms with Crippen molar-refractivity contribution in [2.75, 3.05) is 5.75 Å². The molecule has 104 valence electrons. The summed E-state index contributed by atoms with van der Waals surface area (Å²) in [6.07, 6.45) is 1.59. The molecule has 19 heavy (non-hydrogen) atoms. The molecule has 0 fully saturated rings. The van der Waals surface area contributed by atoms with Crippen LogP contribution in [0.1, 0.15) is 13.3 Å². The SMILES string of the molecule is CCCS(=O)(=O)n1cc2c(=O)n(C)c(=O)n(C)c2n1. The van der Waals surface area contributed by atoms with E-state index >= 15 is 0 Å². The van der Waals surface area contributed by atoms with Crippen LogP contribution in [-0.4, -0.2) is 32.5 Å². The summed E-state index contributed by atoms with van der Waals surface area (Å²) in [5, 5.41) is 3.94. The maximum Gasteiger partial charge on any atom is 0.332 e. The molecule has 0 aliphatic carbocycles. The van der Waals surface area contributed by atoms with Gasteiger partial charge in [0.05, 0.1) is 11.9 Å². The van der Waals surface area contributed by atoms with Crippen molar-refractivity contribution in [3.05, 3.63) is 27.0 Å². The summed E-state index contributed by atoms with van der Waals surface area (Å²) in [6, 6.07) is 0. The zero-order chi connectivity index (χ0) is 14.4. The highest BCUT2D eigenvalue weighted by molar-refractivity contribution is 7.89. The van der Waals surface area contributed by atoms with Crippen LogP contribution >= 0.6 is 0 Å². The molecule has 8 nitrogen and oxygen atoms in total. The molecular formula is C10H14N4O4S. The molecule has 0 bridgehead atoms. The topological polar surface area (TPSA) is 96.0 Å². The van der Waals surface area contributed by atoms with E-state index in [2.05, 4.69) is 5.10 Å². The van der Waals surface area contributed by atoms with E-state index < -0.39 is 21.3 Å². The quantitative estimate of drug-likeness (QED) is 0.722. The van der Waals surface area contributed by atoms with Gasteiger partial charge in [-0.05, 0) is 6.42 Å². The van der Waals surface area contributed by atoms with Gasteiger partial charge in [-0.15, -0.1) is 5.10 Å². The molecule has 0 aliphatic heterocycles. The van der Waals surface area contributed by atoms with Crippen molar-refractivity contribution in [2.45, 2.75) is 13.3 Å². The number of fused-ring (bicyclic) bond motifs is 1. The molecule has 0 N–H and O–H groups in total. The minimum Gasteiger partial charge on any atom is -0.279 e. The average molecular weight is 286 g/mol. The van der Waals surface area contributed by atoms with Crippen LogP contribution in [0.15, 0.2) is 15.8 Å². The first-order chi connectivity index (χ1) is 8.79. The number of hydrogen-bond acceptors (Lipinski definition) is 5. The third kappa shape index (κ3) is 1.99. The van der Waals surface area contributed by atoms with Gasteiger partial charge in [-0.25, -0.2) is 13.2 Å². The van der Waals surface area contributed by atoms with E-state index in [4.69, 9.17) is 0 Å². The van der Waals surface area contributed by atoms with Gasteiger partial charge in [0.2, 0.25) is 0 Å². The third-order valence-corrected chi connectivity index (χ3v) is 4.53. The number of nitrogens with zero attached hydrogens (tertiary/aromatic N) is 4. The summed E-state index contributed by atoms with van der Waals surface area (Å²) in [5.74, 6) is -0.0742. The first-order valence-electron chi connectivity index (χ1n) is 5.68. The molecule has 0 aliphatic rings. The highest BCUT2D eigenvalue weighted by Gasteiger charge is 2.18. The minimum absolute atomic E-state index is 0.0628. The fourth-order valence-electron chi connectivity index (χ4n) is 1.82. The highest BCUT2D eigenvalue weighted by Crippen LogP contribution is 2.07. The zero-order valence-electron chi connectivity index (χ0n) is 10.8. The van der Waals surface area contributed by atoms with Crippen molar-refractivity contribution in [3.8, 4) is 0 Å². The predicted molar refractivity (Wildman–Crippen MR) is 69.7 cm³/mol. The Morgan fingerprint density at radius 2 is 1.84 bits per heavy atom. The Kier molecular flexibility index (Phi) is 3.09. The molecule has 0 saturated heterocycles. The molecule has 0 saturated carbocycles. The number of hydrogen-bond donors (Lipinski definition) is 0. The van der Waals surface area contributed by atoms with Crippen molar-refractivity contribution in [1.82, 2.24) is 18.3 Å². The van der Waals surface area contributed by atoms with Crippen LogP contribution in [-0.2, 0) is 24.1 Å². The van der Waals surface area contributed by atoms with Crippen LogP contribution in [0.2, 0.25) is 0 Å². The van der Waals surface area contributed by atoms with Crippen molar-refractivity contribution >= 4 is 21.1 Å². The molecule has 2 aromatic heterocycles. The summed E-state index contributed by atoms with van der Waals surface area (Å²) < 4.78 is 26.6. The van der Waals surface area contributed by atoms with E-state index in [0.717, 1.165) is 19.4 Å². The fourth-order valence-corrected chi connectivity index (χ4v) is 2.99. The lowest BCUT2D eigenvalue weighted by atomic mass is 10.4. The Hall–Kier alpha value is -1.90. The predicted octanol–water partition coefficient (Wildman–Crippen LogP) is -0.978. The first-order valence-corrected chi connectivity index (χ1v) is 7.29. The van der Waals surface area contributed by atoms with Crippen LogP contribution in [0, 0.1) is 0 Å². The van der Waals surface area contributed by atoms with Crippen LogP contribution in [0.25, 0.3) is 11.0 Å². The van der Waals surface area contributed by atoms with Crippen molar-refractivity contribution in [2.24, 2.45) is 14.1 Å². The van der Waals surface area contributed by atoms with Crippen molar-refractivity contribution in [3.63, 3.8) is 0 Å². The average Bonchev–Trinajstić information content (AvgIpc) is 2.79. The normalized spacial score (nSPS) is 12.2. The Bertz CT molecular complexity index is 856. The Morgan fingerprint density at radius 1 is 1.21 bits per heavy atom. The van der Waals surface area contributed by atoms with Crippen molar-refractivity contribution < 1.29 is 8.42 Å². The molecule has 2 aromatic rings.